The van der Waals surface area contributed by atoms with Crippen molar-refractivity contribution in [3.8, 4) is 6.07 Å². The minimum atomic E-state index is -4.96. The van der Waals surface area contributed by atoms with Crippen LogP contribution in [0.3, 0.4) is 0 Å². The van der Waals surface area contributed by atoms with Gasteiger partial charge in [0.05, 0.1) is 35.4 Å². The average Bonchev–Trinajstić information content (AvgIpc) is 3.33. The van der Waals surface area contributed by atoms with Crippen molar-refractivity contribution in [1.29, 1.82) is 5.26 Å². The molecule has 5 nitrogen and oxygen atoms in total. The number of nitrogens with zero attached hydrogens (tertiary/aromatic N) is 2. The maximum atomic E-state index is 13.3. The lowest BCUT2D eigenvalue weighted by Gasteiger charge is -2.48. The molecular formula is C27H27F6N3O2. The molecule has 1 amide bonds. The first-order valence-electron chi connectivity index (χ1n) is 12.2. The third-order valence-electron chi connectivity index (χ3n) is 7.47. The first-order chi connectivity index (χ1) is 17.8. The van der Waals surface area contributed by atoms with Crippen LogP contribution >= 0.6 is 0 Å². The molecule has 2 aromatic carbocycles. The molecule has 0 radical (unpaired) electrons. The quantitative estimate of drug-likeness (QED) is 0.460. The van der Waals surface area contributed by atoms with Gasteiger partial charge >= 0.3 is 12.4 Å². The van der Waals surface area contributed by atoms with E-state index in [1.54, 1.807) is 17.0 Å². The van der Waals surface area contributed by atoms with E-state index in [4.69, 9.17) is 4.74 Å². The molecule has 1 N–H and O–H groups in total. The van der Waals surface area contributed by atoms with Gasteiger partial charge in [0.15, 0.2) is 0 Å². The monoisotopic (exact) mass is 539 g/mol. The highest BCUT2D eigenvalue weighted by Crippen LogP contribution is 2.41. The fourth-order valence-electron chi connectivity index (χ4n) is 5.19. The van der Waals surface area contributed by atoms with Crippen molar-refractivity contribution in [2.45, 2.75) is 62.1 Å². The fraction of sp³-hybridized carbons (Fsp3) is 0.481. The predicted molar refractivity (Wildman–Crippen MR) is 125 cm³/mol. The summed E-state index contributed by atoms with van der Waals surface area (Å²) in [5.74, 6) is -0.0875. The highest BCUT2D eigenvalue weighted by atomic mass is 19.4. The molecule has 0 saturated carbocycles. The van der Waals surface area contributed by atoms with Crippen LogP contribution in [-0.2, 0) is 27.4 Å². The maximum absolute atomic E-state index is 13.3. The number of carbonyl (C=O) groups is 1. The van der Waals surface area contributed by atoms with Crippen molar-refractivity contribution >= 4 is 5.91 Å². The number of alkyl halides is 6. The van der Waals surface area contributed by atoms with Gasteiger partial charge in [-0.3, -0.25) is 4.79 Å². The van der Waals surface area contributed by atoms with Gasteiger partial charge in [-0.15, -0.1) is 0 Å². The van der Waals surface area contributed by atoms with E-state index in [1.807, 2.05) is 18.2 Å². The van der Waals surface area contributed by atoms with E-state index >= 15 is 0 Å². The first kappa shape index (κ1) is 27.9. The van der Waals surface area contributed by atoms with Gasteiger partial charge in [0, 0.05) is 19.5 Å². The Morgan fingerprint density at radius 2 is 1.68 bits per heavy atom. The molecule has 38 heavy (non-hydrogen) atoms. The zero-order valence-corrected chi connectivity index (χ0v) is 20.6. The molecule has 0 bridgehead atoms. The molecule has 3 atom stereocenters. The number of hydrogen-bond acceptors (Lipinski definition) is 4. The first-order valence-corrected chi connectivity index (χ1v) is 12.2. The van der Waals surface area contributed by atoms with Crippen LogP contribution in [0.25, 0.3) is 0 Å². The average molecular weight is 540 g/mol. The number of amides is 1. The van der Waals surface area contributed by atoms with Crippen LogP contribution in [0.5, 0.6) is 0 Å². The molecule has 0 unspecified atom stereocenters. The zero-order valence-electron chi connectivity index (χ0n) is 20.6. The van der Waals surface area contributed by atoms with E-state index in [0.29, 0.717) is 44.4 Å². The summed E-state index contributed by atoms with van der Waals surface area (Å²) in [5, 5.41) is 13.4. The number of halogens is 6. The molecule has 0 aliphatic carbocycles. The number of benzene rings is 2. The Kier molecular flexibility index (Phi) is 7.51. The highest BCUT2D eigenvalue weighted by Gasteiger charge is 2.49. The number of nitriles is 1. The Bertz CT molecular complexity index is 1170. The van der Waals surface area contributed by atoms with Crippen LogP contribution in [0, 0.1) is 11.3 Å². The van der Waals surface area contributed by atoms with E-state index in [0.717, 1.165) is 5.56 Å². The summed E-state index contributed by atoms with van der Waals surface area (Å²) in [6.07, 6.45) is -9.27. The number of carbonyl (C=O) groups excluding carboxylic acids is 1. The van der Waals surface area contributed by atoms with Gasteiger partial charge in [0.25, 0.3) is 0 Å². The summed E-state index contributed by atoms with van der Waals surface area (Å²) < 4.78 is 86.0. The molecule has 0 spiro atoms. The van der Waals surface area contributed by atoms with E-state index in [-0.39, 0.29) is 30.7 Å². The summed E-state index contributed by atoms with van der Waals surface area (Å²) >= 11 is 0. The van der Waals surface area contributed by atoms with Gasteiger partial charge in [0.1, 0.15) is 5.54 Å². The second kappa shape index (κ2) is 10.2. The smallest absolute Gasteiger partial charge is 0.372 e. The normalized spacial score (nSPS) is 25.3. The largest absolute Gasteiger partial charge is 0.416 e. The minimum Gasteiger partial charge on any atom is -0.372 e. The molecule has 2 saturated heterocycles. The van der Waals surface area contributed by atoms with Crippen molar-refractivity contribution < 1.29 is 35.9 Å². The van der Waals surface area contributed by atoms with Gasteiger partial charge in [-0.25, -0.2) is 0 Å². The van der Waals surface area contributed by atoms with Crippen molar-refractivity contribution in [3.05, 3.63) is 70.8 Å². The number of hydrogen-bond donors (Lipinski definition) is 1. The molecule has 204 valence electrons. The minimum absolute atomic E-state index is 0.0781. The summed E-state index contributed by atoms with van der Waals surface area (Å²) in [4.78, 5) is 14.0. The molecule has 2 heterocycles. The Morgan fingerprint density at radius 3 is 2.16 bits per heavy atom. The second-order valence-corrected chi connectivity index (χ2v) is 9.89. The van der Waals surface area contributed by atoms with E-state index < -0.39 is 40.7 Å². The standard InChI is InChI=1S/C27H27F6N3O2/c1-18(19-12-21(26(28,29)30)14-22(13-19)27(31,32)33)38-17-25(20-6-3-2-4-7-20)10-9-24(15-34,16-35-25)36-11-5-8-23(36)37/h2-4,6-7,12-14,18,35H,5,8-11,16-17H2,1H3/t18-,24-,25+/m1/s1. The Hall–Kier alpha value is -3.10. The number of ether oxygens (including phenoxy) is 1. The molecule has 4 rings (SSSR count). The molecular weight excluding hydrogens is 512 g/mol. The van der Waals surface area contributed by atoms with Crippen LogP contribution in [0.4, 0.5) is 26.3 Å². The second-order valence-electron chi connectivity index (χ2n) is 9.89. The van der Waals surface area contributed by atoms with Gasteiger partial charge in [-0.05, 0) is 55.5 Å². The van der Waals surface area contributed by atoms with Crippen LogP contribution in [0.15, 0.2) is 48.5 Å². The lowest BCUT2D eigenvalue weighted by molar-refractivity contribution is -0.143. The third kappa shape index (κ3) is 5.52. The summed E-state index contributed by atoms with van der Waals surface area (Å²) in [6.45, 7) is 1.95. The Balaban J connectivity index is 1.60. The van der Waals surface area contributed by atoms with Crippen molar-refractivity contribution in [3.63, 3.8) is 0 Å². The van der Waals surface area contributed by atoms with Crippen LogP contribution in [0.1, 0.15) is 61.0 Å². The van der Waals surface area contributed by atoms with Gasteiger partial charge in [-0.2, -0.15) is 31.6 Å². The van der Waals surface area contributed by atoms with Crippen LogP contribution < -0.4 is 5.32 Å². The Labute approximate surface area is 216 Å². The molecule has 0 aromatic heterocycles. The van der Waals surface area contributed by atoms with Crippen molar-refractivity contribution in [2.75, 3.05) is 19.7 Å². The summed E-state index contributed by atoms with van der Waals surface area (Å²) in [6, 6.07) is 12.8. The molecule has 11 heteroatoms. The maximum Gasteiger partial charge on any atom is 0.416 e. The number of rotatable bonds is 6. The van der Waals surface area contributed by atoms with Gasteiger partial charge in [0.2, 0.25) is 5.91 Å². The highest BCUT2D eigenvalue weighted by molar-refractivity contribution is 5.79. The molecule has 2 aromatic rings. The van der Waals surface area contributed by atoms with Gasteiger partial charge < -0.3 is 15.0 Å². The number of nitrogens with one attached hydrogen (secondary N) is 1. The molecule has 2 aliphatic heterocycles. The van der Waals surface area contributed by atoms with E-state index in [9.17, 15) is 36.4 Å². The van der Waals surface area contributed by atoms with Gasteiger partial charge in [-0.1, -0.05) is 30.3 Å². The SMILES string of the molecule is C[C@@H](OC[C@]1(c2ccccc2)CC[C@](C#N)(N2CCCC2=O)CN1)c1cc(C(F)(F)F)cc(C(F)(F)F)c1. The number of piperidine rings is 1. The van der Waals surface area contributed by atoms with Crippen molar-refractivity contribution in [1.82, 2.24) is 10.2 Å². The molecule has 2 aliphatic rings. The van der Waals surface area contributed by atoms with Crippen LogP contribution in [-0.4, -0.2) is 36.0 Å². The summed E-state index contributed by atoms with van der Waals surface area (Å²) in [5.41, 5.74) is -4.17. The van der Waals surface area contributed by atoms with Crippen molar-refractivity contribution in [2.24, 2.45) is 0 Å². The third-order valence-corrected chi connectivity index (χ3v) is 7.47. The summed E-state index contributed by atoms with van der Waals surface area (Å²) in [7, 11) is 0. The predicted octanol–water partition coefficient (Wildman–Crippen LogP) is 5.97. The van der Waals surface area contributed by atoms with E-state index in [1.165, 1.54) is 6.92 Å². The lowest BCUT2D eigenvalue weighted by Crippen LogP contribution is -2.64. The van der Waals surface area contributed by atoms with E-state index in [2.05, 4.69) is 11.4 Å². The Morgan fingerprint density at radius 1 is 1.05 bits per heavy atom. The lowest BCUT2D eigenvalue weighted by atomic mass is 9.76. The topological polar surface area (TPSA) is 65.4 Å². The van der Waals surface area contributed by atoms with Crippen LogP contribution in [0.2, 0.25) is 0 Å². The fourth-order valence-corrected chi connectivity index (χ4v) is 5.19. The number of likely N-dealkylation sites (tertiary alicyclic amines) is 1. The zero-order chi connectivity index (χ0) is 27.8. The molecule has 2 fully saturated rings.